The Balaban J connectivity index is 1.79. The van der Waals surface area contributed by atoms with Crippen molar-refractivity contribution in [2.75, 3.05) is 17.7 Å². The maximum Gasteiger partial charge on any atom is 0.330 e. The van der Waals surface area contributed by atoms with E-state index < -0.39 is 17.2 Å². The van der Waals surface area contributed by atoms with Crippen LogP contribution in [0.2, 0.25) is 0 Å². The molecule has 1 aromatic heterocycles. The van der Waals surface area contributed by atoms with Crippen molar-refractivity contribution >= 4 is 23.5 Å². The van der Waals surface area contributed by atoms with Crippen LogP contribution in [0.5, 0.6) is 5.75 Å². The Morgan fingerprint density at radius 2 is 1.65 bits per heavy atom. The molecular weight excluding hydrogens is 468 g/mol. The van der Waals surface area contributed by atoms with Gasteiger partial charge in [-0.2, -0.15) is 0 Å². The summed E-state index contributed by atoms with van der Waals surface area (Å²) in [5, 5.41) is 0. The highest BCUT2D eigenvalue weighted by Crippen LogP contribution is 2.23. The number of hydrogen-bond acceptors (Lipinski definition) is 5. The number of benzene rings is 3. The monoisotopic (exact) mass is 496 g/mol. The van der Waals surface area contributed by atoms with Gasteiger partial charge in [-0.05, 0) is 36.3 Å². The SMILES string of the molecule is COc1ccc(C)cc1/C=C\C(=O)N(Cc1ccccc1)c1c(N)n(Cc2ccccc2)c(=O)[nH]c1=O. The van der Waals surface area contributed by atoms with Crippen molar-refractivity contribution in [2.45, 2.75) is 20.0 Å². The number of nitrogens with one attached hydrogen (secondary N) is 1. The van der Waals surface area contributed by atoms with E-state index >= 15 is 0 Å². The van der Waals surface area contributed by atoms with Crippen LogP contribution in [0.4, 0.5) is 11.5 Å². The maximum atomic E-state index is 13.6. The maximum absolute atomic E-state index is 13.6. The Morgan fingerprint density at radius 3 is 2.30 bits per heavy atom. The van der Waals surface area contributed by atoms with Crippen LogP contribution >= 0.6 is 0 Å². The van der Waals surface area contributed by atoms with E-state index in [0.29, 0.717) is 11.3 Å². The fourth-order valence-electron chi connectivity index (χ4n) is 4.03. The second-order valence-electron chi connectivity index (χ2n) is 8.55. The van der Waals surface area contributed by atoms with Crippen molar-refractivity contribution < 1.29 is 9.53 Å². The number of aromatic amines is 1. The van der Waals surface area contributed by atoms with Crippen LogP contribution in [0.25, 0.3) is 6.08 Å². The molecule has 0 atom stereocenters. The predicted molar refractivity (Wildman–Crippen MR) is 146 cm³/mol. The summed E-state index contributed by atoms with van der Waals surface area (Å²) in [6.45, 7) is 2.15. The minimum Gasteiger partial charge on any atom is -0.496 e. The summed E-state index contributed by atoms with van der Waals surface area (Å²) in [6, 6.07) is 24.1. The van der Waals surface area contributed by atoms with Crippen molar-refractivity contribution in [3.05, 3.63) is 128 Å². The van der Waals surface area contributed by atoms with Crippen LogP contribution in [0.1, 0.15) is 22.3 Å². The number of nitrogen functional groups attached to an aromatic ring is 1. The average Bonchev–Trinajstić information content (AvgIpc) is 2.90. The zero-order valence-corrected chi connectivity index (χ0v) is 20.7. The number of anilines is 2. The smallest absolute Gasteiger partial charge is 0.330 e. The van der Waals surface area contributed by atoms with Crippen LogP contribution in [-0.4, -0.2) is 22.6 Å². The molecule has 8 heteroatoms. The highest BCUT2D eigenvalue weighted by atomic mass is 16.5. The van der Waals surface area contributed by atoms with Gasteiger partial charge in [0.25, 0.3) is 11.5 Å². The number of rotatable bonds is 8. The number of methoxy groups -OCH3 is 1. The average molecular weight is 497 g/mol. The van der Waals surface area contributed by atoms with Crippen molar-refractivity contribution in [3.8, 4) is 5.75 Å². The lowest BCUT2D eigenvalue weighted by Crippen LogP contribution is -2.40. The Morgan fingerprint density at radius 1 is 1.00 bits per heavy atom. The molecule has 1 amide bonds. The molecular formula is C29H28N4O4. The van der Waals surface area contributed by atoms with Crippen LogP contribution in [-0.2, 0) is 17.9 Å². The van der Waals surface area contributed by atoms with Gasteiger partial charge in [-0.15, -0.1) is 0 Å². The van der Waals surface area contributed by atoms with Crippen molar-refractivity contribution in [1.82, 2.24) is 9.55 Å². The highest BCUT2D eigenvalue weighted by molar-refractivity contribution is 6.05. The Hall–Kier alpha value is -4.85. The number of aromatic nitrogens is 2. The summed E-state index contributed by atoms with van der Waals surface area (Å²) in [5.41, 5.74) is 8.25. The van der Waals surface area contributed by atoms with Gasteiger partial charge in [-0.3, -0.25) is 24.0 Å². The van der Waals surface area contributed by atoms with E-state index in [1.54, 1.807) is 13.2 Å². The van der Waals surface area contributed by atoms with Gasteiger partial charge in [0.05, 0.1) is 20.2 Å². The van der Waals surface area contributed by atoms with Crippen molar-refractivity contribution in [3.63, 3.8) is 0 Å². The zero-order chi connectivity index (χ0) is 26.4. The largest absolute Gasteiger partial charge is 0.496 e. The lowest BCUT2D eigenvalue weighted by atomic mass is 10.1. The lowest BCUT2D eigenvalue weighted by molar-refractivity contribution is -0.114. The number of nitrogens with two attached hydrogens (primary N) is 1. The fourth-order valence-corrected chi connectivity index (χ4v) is 4.03. The number of carbonyl (C=O) groups is 1. The molecule has 3 N–H and O–H groups in total. The van der Waals surface area contributed by atoms with E-state index in [1.807, 2.05) is 85.8 Å². The summed E-state index contributed by atoms with van der Waals surface area (Å²) in [4.78, 5) is 42.9. The normalized spacial score (nSPS) is 11.0. The number of amides is 1. The molecule has 0 bridgehead atoms. The third kappa shape index (κ3) is 5.87. The molecule has 4 aromatic rings. The molecule has 3 aromatic carbocycles. The Kier molecular flexibility index (Phi) is 7.68. The molecule has 0 spiro atoms. The Bertz CT molecular complexity index is 1540. The number of aryl methyl sites for hydroxylation is 1. The molecule has 0 unspecified atom stereocenters. The minimum atomic E-state index is -0.738. The van der Waals surface area contributed by atoms with E-state index in [9.17, 15) is 14.4 Å². The van der Waals surface area contributed by atoms with Crippen molar-refractivity contribution in [2.24, 2.45) is 0 Å². The number of H-pyrrole nitrogens is 1. The topological polar surface area (TPSA) is 110 Å². The first kappa shape index (κ1) is 25.2. The first-order valence-electron chi connectivity index (χ1n) is 11.7. The molecule has 37 heavy (non-hydrogen) atoms. The lowest BCUT2D eigenvalue weighted by Gasteiger charge is -2.23. The van der Waals surface area contributed by atoms with E-state index in [-0.39, 0.29) is 24.6 Å². The van der Waals surface area contributed by atoms with E-state index in [1.165, 1.54) is 15.5 Å². The predicted octanol–water partition coefficient (Wildman–Crippen LogP) is 3.73. The summed E-state index contributed by atoms with van der Waals surface area (Å²) < 4.78 is 6.66. The van der Waals surface area contributed by atoms with Gasteiger partial charge in [0, 0.05) is 11.6 Å². The highest BCUT2D eigenvalue weighted by Gasteiger charge is 2.23. The molecule has 0 aliphatic heterocycles. The van der Waals surface area contributed by atoms with Crippen LogP contribution in [0, 0.1) is 6.92 Å². The second-order valence-corrected chi connectivity index (χ2v) is 8.55. The van der Waals surface area contributed by atoms with E-state index in [2.05, 4.69) is 4.98 Å². The number of carbonyl (C=O) groups excluding carboxylic acids is 1. The van der Waals surface area contributed by atoms with Gasteiger partial charge in [0.15, 0.2) is 5.69 Å². The fraction of sp³-hybridized carbons (Fsp3) is 0.138. The van der Waals surface area contributed by atoms with Gasteiger partial charge < -0.3 is 10.5 Å². The van der Waals surface area contributed by atoms with Gasteiger partial charge in [0.2, 0.25) is 0 Å². The number of nitrogens with zero attached hydrogens (tertiary/aromatic N) is 2. The third-order valence-electron chi connectivity index (χ3n) is 5.91. The quantitative estimate of drug-likeness (QED) is 0.361. The first-order chi connectivity index (χ1) is 17.9. The number of hydrogen-bond donors (Lipinski definition) is 2. The number of ether oxygens (including phenoxy) is 1. The van der Waals surface area contributed by atoms with Gasteiger partial charge in [0.1, 0.15) is 11.6 Å². The van der Waals surface area contributed by atoms with Crippen LogP contribution in [0.3, 0.4) is 0 Å². The summed E-state index contributed by atoms with van der Waals surface area (Å²) in [5.74, 6) is 0.0379. The summed E-state index contributed by atoms with van der Waals surface area (Å²) >= 11 is 0. The molecule has 0 radical (unpaired) electrons. The second kappa shape index (κ2) is 11.3. The molecule has 0 saturated heterocycles. The van der Waals surface area contributed by atoms with Gasteiger partial charge in [-0.1, -0.05) is 72.3 Å². The van der Waals surface area contributed by atoms with Crippen molar-refractivity contribution in [1.29, 1.82) is 0 Å². The zero-order valence-electron chi connectivity index (χ0n) is 20.7. The standard InChI is InChI=1S/C29H28N4O4/c1-20-13-15-24(37-2)23(17-20)14-16-25(34)32(18-21-9-5-3-6-10-21)26-27(30)33(29(36)31-28(26)35)19-22-11-7-4-8-12-22/h3-17H,18-19,30H2,1-2H3,(H,31,35,36)/b16-14-. The van der Waals surface area contributed by atoms with Gasteiger partial charge in [-0.25, -0.2) is 4.79 Å². The molecule has 1 heterocycles. The summed E-state index contributed by atoms with van der Waals surface area (Å²) in [7, 11) is 1.56. The Labute approximate surface area is 214 Å². The minimum absolute atomic E-state index is 0.0752. The van der Waals surface area contributed by atoms with E-state index in [4.69, 9.17) is 10.5 Å². The molecule has 4 rings (SSSR count). The molecule has 188 valence electrons. The molecule has 0 saturated carbocycles. The first-order valence-corrected chi connectivity index (χ1v) is 11.7. The summed E-state index contributed by atoms with van der Waals surface area (Å²) in [6.07, 6.45) is 3.00. The molecule has 8 nitrogen and oxygen atoms in total. The third-order valence-corrected chi connectivity index (χ3v) is 5.91. The van der Waals surface area contributed by atoms with E-state index in [0.717, 1.165) is 16.7 Å². The van der Waals surface area contributed by atoms with Crippen LogP contribution in [0.15, 0.2) is 94.5 Å². The van der Waals surface area contributed by atoms with Gasteiger partial charge >= 0.3 is 5.69 Å². The molecule has 0 aliphatic carbocycles. The molecule has 0 fully saturated rings. The van der Waals surface area contributed by atoms with Crippen LogP contribution < -0.4 is 26.6 Å². The molecule has 0 aliphatic rings.